The molecule has 0 unspecified atom stereocenters. The summed E-state index contributed by atoms with van der Waals surface area (Å²) in [7, 11) is 0. The molecule has 0 aliphatic heterocycles. The maximum absolute atomic E-state index is 3.52. The summed E-state index contributed by atoms with van der Waals surface area (Å²) in [6, 6.07) is 0. The number of hydrogen-bond acceptors (Lipinski definition) is 0. The van der Waals surface area contributed by atoms with Gasteiger partial charge in [-0.25, -0.2) is 0 Å². The molecule has 20 heavy (non-hydrogen) atoms. The molecule has 0 aromatic rings. The van der Waals surface area contributed by atoms with Gasteiger partial charge >= 0.3 is 0 Å². The average molecular weight is 347 g/mol. The first-order valence-corrected chi connectivity index (χ1v) is 10.5. The van der Waals surface area contributed by atoms with Crippen LogP contribution in [-0.4, -0.2) is 5.33 Å². The molecule has 122 valence electrons. The van der Waals surface area contributed by atoms with E-state index in [-0.39, 0.29) is 0 Å². The molecule has 0 N–H and O–H groups in total. The van der Waals surface area contributed by atoms with Crippen LogP contribution in [0.3, 0.4) is 0 Å². The fraction of sp³-hybridized carbons (Fsp3) is 1.00. The van der Waals surface area contributed by atoms with Crippen LogP contribution in [0.2, 0.25) is 0 Å². The van der Waals surface area contributed by atoms with Crippen LogP contribution in [-0.2, 0) is 0 Å². The topological polar surface area (TPSA) is 0 Å². The maximum atomic E-state index is 3.52. The summed E-state index contributed by atoms with van der Waals surface area (Å²) in [5.41, 5.74) is 0. The first-order valence-electron chi connectivity index (χ1n) is 9.37. The molecule has 0 nitrogen and oxygen atoms in total. The van der Waals surface area contributed by atoms with Gasteiger partial charge in [0.25, 0.3) is 0 Å². The highest BCUT2D eigenvalue weighted by molar-refractivity contribution is 9.09. The van der Waals surface area contributed by atoms with Crippen molar-refractivity contribution < 1.29 is 0 Å². The molecule has 0 fully saturated rings. The van der Waals surface area contributed by atoms with E-state index < -0.39 is 0 Å². The third-order valence-corrected chi connectivity index (χ3v) is 4.94. The minimum absolute atomic E-state index is 0.940. The zero-order valence-corrected chi connectivity index (χ0v) is 15.9. The highest BCUT2D eigenvalue weighted by Gasteiger charge is 2.01. The van der Waals surface area contributed by atoms with Crippen LogP contribution in [0.25, 0.3) is 0 Å². The van der Waals surface area contributed by atoms with Crippen LogP contribution in [0.5, 0.6) is 0 Å². The van der Waals surface area contributed by atoms with Crippen LogP contribution in [0.15, 0.2) is 0 Å². The normalized spacial score (nSPS) is 12.8. The summed E-state index contributed by atoms with van der Waals surface area (Å²) >= 11 is 3.52. The number of halogens is 1. The quantitative estimate of drug-likeness (QED) is 0.197. The molecule has 1 heteroatoms. The molecule has 1 atom stereocenters. The van der Waals surface area contributed by atoms with Crippen LogP contribution in [0, 0.1) is 5.92 Å². The summed E-state index contributed by atoms with van der Waals surface area (Å²) in [4.78, 5) is 0. The van der Waals surface area contributed by atoms with Crippen molar-refractivity contribution in [2.45, 2.75) is 110 Å². The molecule has 0 aliphatic rings. The van der Waals surface area contributed by atoms with Crippen LogP contribution >= 0.6 is 15.9 Å². The van der Waals surface area contributed by atoms with Gasteiger partial charge in [0.05, 0.1) is 0 Å². The molecule has 0 aliphatic carbocycles. The van der Waals surface area contributed by atoms with Gasteiger partial charge in [0.2, 0.25) is 0 Å². The van der Waals surface area contributed by atoms with Gasteiger partial charge in [0.1, 0.15) is 0 Å². The summed E-state index contributed by atoms with van der Waals surface area (Å²) in [6.45, 7) is 4.71. The average Bonchev–Trinajstić information content (AvgIpc) is 2.46. The number of alkyl halides is 1. The predicted molar refractivity (Wildman–Crippen MR) is 97.9 cm³/mol. The molecule has 0 spiro atoms. The van der Waals surface area contributed by atoms with Gasteiger partial charge in [-0.3, -0.25) is 0 Å². The largest absolute Gasteiger partial charge is 0.0928 e. The van der Waals surface area contributed by atoms with E-state index in [1.807, 2.05) is 0 Å². The second kappa shape index (κ2) is 17.5. The zero-order chi connectivity index (χ0) is 14.9. The van der Waals surface area contributed by atoms with E-state index in [9.17, 15) is 0 Å². The fourth-order valence-corrected chi connectivity index (χ4v) is 3.23. The second-order valence-corrected chi connectivity index (χ2v) is 7.41. The molecular formula is C19H39Br. The molecular weight excluding hydrogens is 308 g/mol. The van der Waals surface area contributed by atoms with Crippen molar-refractivity contribution in [3.63, 3.8) is 0 Å². The highest BCUT2D eigenvalue weighted by Crippen LogP contribution is 2.17. The highest BCUT2D eigenvalue weighted by atomic mass is 79.9. The van der Waals surface area contributed by atoms with E-state index in [1.165, 1.54) is 102 Å². The molecule has 0 aromatic heterocycles. The van der Waals surface area contributed by atoms with Crippen LogP contribution < -0.4 is 0 Å². The molecule has 0 amide bonds. The van der Waals surface area contributed by atoms with Crippen molar-refractivity contribution in [3.05, 3.63) is 0 Å². The molecule has 0 saturated carbocycles. The maximum Gasteiger partial charge on any atom is 0.00314 e. The Labute approximate surface area is 137 Å². The number of rotatable bonds is 16. The first-order chi connectivity index (χ1) is 9.81. The van der Waals surface area contributed by atoms with Gasteiger partial charge < -0.3 is 0 Å². The van der Waals surface area contributed by atoms with E-state index in [0.29, 0.717) is 0 Å². The van der Waals surface area contributed by atoms with E-state index in [2.05, 4.69) is 29.8 Å². The third kappa shape index (κ3) is 16.5. The van der Waals surface area contributed by atoms with Gasteiger partial charge in [0, 0.05) is 5.33 Å². The lowest BCUT2D eigenvalue weighted by Gasteiger charge is -2.09. The van der Waals surface area contributed by atoms with Gasteiger partial charge in [-0.05, 0) is 18.8 Å². The van der Waals surface area contributed by atoms with E-state index in [0.717, 1.165) is 5.92 Å². The Bertz CT molecular complexity index is 167. The lowest BCUT2D eigenvalue weighted by atomic mass is 9.98. The number of unbranched alkanes of at least 4 members (excludes halogenated alkanes) is 11. The Balaban J connectivity index is 3.02. The second-order valence-electron chi connectivity index (χ2n) is 6.61. The molecule has 0 radical (unpaired) electrons. The van der Waals surface area contributed by atoms with E-state index in [1.54, 1.807) is 0 Å². The SMILES string of the molecule is CCCCCCCCCCCCCC[C@H](C)CCCBr. The number of hydrogen-bond donors (Lipinski definition) is 0. The molecule has 0 rings (SSSR count). The predicted octanol–water partition coefficient (Wildman–Crippen LogP) is 7.89. The fourth-order valence-electron chi connectivity index (χ4n) is 2.90. The molecule has 0 heterocycles. The van der Waals surface area contributed by atoms with Crippen molar-refractivity contribution in [3.8, 4) is 0 Å². The Hall–Kier alpha value is 0.480. The Kier molecular flexibility index (Phi) is 18.0. The Morgan fingerprint density at radius 2 is 1.00 bits per heavy atom. The van der Waals surface area contributed by atoms with Crippen molar-refractivity contribution in [2.24, 2.45) is 5.92 Å². The Morgan fingerprint density at radius 1 is 0.600 bits per heavy atom. The van der Waals surface area contributed by atoms with Gasteiger partial charge in [0.15, 0.2) is 0 Å². The third-order valence-electron chi connectivity index (χ3n) is 4.38. The lowest BCUT2D eigenvalue weighted by Crippen LogP contribution is -1.95. The van der Waals surface area contributed by atoms with Crippen LogP contribution in [0.1, 0.15) is 110 Å². The van der Waals surface area contributed by atoms with Gasteiger partial charge in [-0.15, -0.1) is 0 Å². The van der Waals surface area contributed by atoms with Crippen molar-refractivity contribution >= 4 is 15.9 Å². The molecule has 0 saturated heterocycles. The lowest BCUT2D eigenvalue weighted by molar-refractivity contribution is 0.451. The van der Waals surface area contributed by atoms with Crippen molar-refractivity contribution in [1.29, 1.82) is 0 Å². The summed E-state index contributed by atoms with van der Waals surface area (Å²) in [6.07, 6.45) is 21.7. The van der Waals surface area contributed by atoms with E-state index in [4.69, 9.17) is 0 Å². The van der Waals surface area contributed by atoms with Crippen molar-refractivity contribution in [2.75, 3.05) is 5.33 Å². The smallest absolute Gasteiger partial charge is 0.00314 e. The monoisotopic (exact) mass is 346 g/mol. The van der Waals surface area contributed by atoms with E-state index >= 15 is 0 Å². The zero-order valence-electron chi connectivity index (χ0n) is 14.3. The minimum Gasteiger partial charge on any atom is -0.0928 e. The van der Waals surface area contributed by atoms with Gasteiger partial charge in [-0.2, -0.15) is 0 Å². The summed E-state index contributed by atoms with van der Waals surface area (Å²) in [5, 5.41) is 1.18. The first kappa shape index (κ1) is 20.5. The minimum atomic E-state index is 0.940. The Morgan fingerprint density at radius 3 is 1.45 bits per heavy atom. The molecule has 0 bridgehead atoms. The summed E-state index contributed by atoms with van der Waals surface area (Å²) < 4.78 is 0. The summed E-state index contributed by atoms with van der Waals surface area (Å²) in [5.74, 6) is 0.940. The standard InChI is InChI=1S/C19H39Br/c1-3-4-5-6-7-8-9-10-11-12-13-14-16-19(2)17-15-18-20/h19H,3-18H2,1-2H3/t19-/m0/s1. The van der Waals surface area contributed by atoms with Gasteiger partial charge in [-0.1, -0.05) is 113 Å². The van der Waals surface area contributed by atoms with Crippen molar-refractivity contribution in [1.82, 2.24) is 0 Å². The van der Waals surface area contributed by atoms with Crippen LogP contribution in [0.4, 0.5) is 0 Å². The molecule has 0 aromatic carbocycles.